The number of aromatic nitrogens is 1. The van der Waals surface area contributed by atoms with E-state index in [9.17, 15) is 14.9 Å². The van der Waals surface area contributed by atoms with Gasteiger partial charge in [-0.25, -0.2) is 0 Å². The molecule has 2 rings (SSSR count). The van der Waals surface area contributed by atoms with Crippen LogP contribution in [0.2, 0.25) is 5.02 Å². The Balaban J connectivity index is 2.51. The van der Waals surface area contributed by atoms with Gasteiger partial charge < -0.3 is 4.57 Å². The van der Waals surface area contributed by atoms with Gasteiger partial charge in [0.2, 0.25) is 0 Å². The van der Waals surface area contributed by atoms with Gasteiger partial charge in [0.25, 0.3) is 11.2 Å². The van der Waals surface area contributed by atoms with Crippen LogP contribution in [0.25, 0.3) is 0 Å². The lowest BCUT2D eigenvalue weighted by molar-refractivity contribution is -0.385. The quantitative estimate of drug-likeness (QED) is 0.640. The van der Waals surface area contributed by atoms with Crippen LogP contribution in [-0.4, -0.2) is 9.49 Å². The third kappa shape index (κ3) is 2.68. The van der Waals surface area contributed by atoms with E-state index in [1.165, 1.54) is 41.1 Å². The summed E-state index contributed by atoms with van der Waals surface area (Å²) in [7, 11) is 0. The molecule has 7 heteroatoms. The van der Waals surface area contributed by atoms with Gasteiger partial charge in [0.1, 0.15) is 11.6 Å². The van der Waals surface area contributed by atoms with Crippen molar-refractivity contribution >= 4 is 17.3 Å². The van der Waals surface area contributed by atoms with Crippen molar-refractivity contribution in [1.82, 2.24) is 4.57 Å². The van der Waals surface area contributed by atoms with Gasteiger partial charge in [0, 0.05) is 17.3 Å². The van der Waals surface area contributed by atoms with Crippen LogP contribution in [0.4, 0.5) is 5.69 Å². The van der Waals surface area contributed by atoms with Gasteiger partial charge in [-0.2, -0.15) is 5.26 Å². The summed E-state index contributed by atoms with van der Waals surface area (Å²) in [6.45, 7) is -0.0226. The van der Waals surface area contributed by atoms with E-state index in [-0.39, 0.29) is 17.8 Å². The van der Waals surface area contributed by atoms with Crippen LogP contribution in [-0.2, 0) is 6.54 Å². The van der Waals surface area contributed by atoms with Crippen molar-refractivity contribution in [2.75, 3.05) is 0 Å². The Morgan fingerprint density at radius 2 is 2.15 bits per heavy atom. The number of halogens is 1. The van der Waals surface area contributed by atoms with Crippen molar-refractivity contribution in [3.05, 3.63) is 73.1 Å². The summed E-state index contributed by atoms with van der Waals surface area (Å²) in [4.78, 5) is 22.3. The highest BCUT2D eigenvalue weighted by Gasteiger charge is 2.15. The molecule has 1 heterocycles. The van der Waals surface area contributed by atoms with E-state index in [2.05, 4.69) is 0 Å². The van der Waals surface area contributed by atoms with Crippen molar-refractivity contribution in [3.8, 4) is 6.07 Å². The zero-order valence-electron chi connectivity index (χ0n) is 10.1. The van der Waals surface area contributed by atoms with Crippen LogP contribution in [0, 0.1) is 21.4 Å². The number of nitrogens with zero attached hydrogens (tertiary/aromatic N) is 3. The average molecular weight is 290 g/mol. The Morgan fingerprint density at radius 1 is 1.40 bits per heavy atom. The van der Waals surface area contributed by atoms with Gasteiger partial charge in [-0.05, 0) is 24.3 Å². The second kappa shape index (κ2) is 5.55. The van der Waals surface area contributed by atoms with Crippen LogP contribution in [0.3, 0.4) is 0 Å². The van der Waals surface area contributed by atoms with Gasteiger partial charge >= 0.3 is 0 Å². The first kappa shape index (κ1) is 13.8. The smallest absolute Gasteiger partial charge is 0.274 e. The number of nitriles is 1. The summed E-state index contributed by atoms with van der Waals surface area (Å²) in [5, 5.41) is 20.1. The van der Waals surface area contributed by atoms with Crippen LogP contribution in [0.1, 0.15) is 11.1 Å². The average Bonchev–Trinajstić information content (AvgIpc) is 2.41. The predicted molar refractivity (Wildman–Crippen MR) is 72.6 cm³/mol. The zero-order chi connectivity index (χ0) is 14.7. The summed E-state index contributed by atoms with van der Waals surface area (Å²) in [5.41, 5.74) is -0.329. The molecule has 0 saturated heterocycles. The van der Waals surface area contributed by atoms with Gasteiger partial charge in [-0.1, -0.05) is 11.6 Å². The lowest BCUT2D eigenvalue weighted by atomic mass is 10.1. The molecule has 20 heavy (non-hydrogen) atoms. The maximum Gasteiger partial charge on any atom is 0.274 e. The van der Waals surface area contributed by atoms with Crippen molar-refractivity contribution < 1.29 is 4.92 Å². The molecule has 0 radical (unpaired) electrons. The largest absolute Gasteiger partial charge is 0.310 e. The van der Waals surface area contributed by atoms with E-state index in [0.29, 0.717) is 10.6 Å². The molecular weight excluding hydrogens is 282 g/mol. The highest BCUT2D eigenvalue weighted by Crippen LogP contribution is 2.23. The van der Waals surface area contributed by atoms with E-state index in [4.69, 9.17) is 16.9 Å². The lowest BCUT2D eigenvalue weighted by Crippen LogP contribution is -2.22. The highest BCUT2D eigenvalue weighted by molar-refractivity contribution is 6.30. The summed E-state index contributed by atoms with van der Waals surface area (Å²) >= 11 is 5.82. The first-order valence-electron chi connectivity index (χ1n) is 5.55. The highest BCUT2D eigenvalue weighted by atomic mass is 35.5. The first-order valence-corrected chi connectivity index (χ1v) is 5.93. The maximum atomic E-state index is 11.9. The van der Waals surface area contributed by atoms with E-state index < -0.39 is 10.5 Å². The summed E-state index contributed by atoms with van der Waals surface area (Å²) in [5.74, 6) is 0. The second-order valence-electron chi connectivity index (χ2n) is 4.00. The standard InChI is InChI=1S/C13H8ClN3O3/c14-11-3-4-12(17(19)20)10(6-11)8-16-5-1-2-9(7-15)13(16)18/h1-6H,8H2. The van der Waals surface area contributed by atoms with Crippen LogP contribution >= 0.6 is 11.6 Å². The van der Waals surface area contributed by atoms with Crippen molar-refractivity contribution in [1.29, 1.82) is 5.26 Å². The Hall–Kier alpha value is -2.65. The molecule has 1 aromatic carbocycles. The molecule has 0 atom stereocenters. The minimum atomic E-state index is -0.537. The van der Waals surface area contributed by atoms with Crippen molar-refractivity contribution in [2.45, 2.75) is 6.54 Å². The van der Waals surface area contributed by atoms with Crippen molar-refractivity contribution in [3.63, 3.8) is 0 Å². The van der Waals surface area contributed by atoms with Crippen LogP contribution < -0.4 is 5.56 Å². The number of hydrogen-bond donors (Lipinski definition) is 0. The number of benzene rings is 1. The molecule has 0 aliphatic rings. The molecule has 100 valence electrons. The number of nitro groups is 1. The Kier molecular flexibility index (Phi) is 3.82. The Bertz CT molecular complexity index is 777. The van der Waals surface area contributed by atoms with E-state index in [1.54, 1.807) is 6.07 Å². The lowest BCUT2D eigenvalue weighted by Gasteiger charge is -2.07. The summed E-state index contributed by atoms with van der Waals surface area (Å²) in [6, 6.07) is 8.85. The molecule has 6 nitrogen and oxygen atoms in total. The Morgan fingerprint density at radius 3 is 2.80 bits per heavy atom. The second-order valence-corrected chi connectivity index (χ2v) is 4.43. The number of nitro benzene ring substituents is 1. The fourth-order valence-electron chi connectivity index (χ4n) is 1.79. The topological polar surface area (TPSA) is 88.9 Å². The first-order chi connectivity index (χ1) is 9.52. The molecule has 0 amide bonds. The molecule has 0 aliphatic carbocycles. The SMILES string of the molecule is N#Cc1cccn(Cc2cc(Cl)ccc2[N+](=O)[O-])c1=O. The Labute approximate surface area is 118 Å². The van der Waals surface area contributed by atoms with E-state index in [1.807, 2.05) is 0 Å². The predicted octanol–water partition coefficient (Wildman–Crippen LogP) is 2.33. The molecule has 0 saturated carbocycles. The monoisotopic (exact) mass is 289 g/mol. The molecule has 2 aromatic rings. The fourth-order valence-corrected chi connectivity index (χ4v) is 1.98. The summed E-state index contributed by atoms with van der Waals surface area (Å²) in [6.07, 6.45) is 1.47. The number of pyridine rings is 1. The molecule has 0 unspecified atom stereocenters. The van der Waals surface area contributed by atoms with Gasteiger partial charge in [-0.3, -0.25) is 14.9 Å². The van der Waals surface area contributed by atoms with E-state index >= 15 is 0 Å². The molecule has 0 fully saturated rings. The van der Waals surface area contributed by atoms with Gasteiger partial charge in [0.15, 0.2) is 0 Å². The molecule has 0 spiro atoms. The maximum absolute atomic E-state index is 11.9. The third-order valence-electron chi connectivity index (χ3n) is 2.72. The molecule has 0 aliphatic heterocycles. The summed E-state index contributed by atoms with van der Waals surface area (Å²) < 4.78 is 1.23. The number of rotatable bonds is 3. The normalized spacial score (nSPS) is 10.0. The number of hydrogen-bond acceptors (Lipinski definition) is 4. The van der Waals surface area contributed by atoms with Crippen LogP contribution in [0.5, 0.6) is 0 Å². The zero-order valence-corrected chi connectivity index (χ0v) is 10.9. The van der Waals surface area contributed by atoms with Crippen molar-refractivity contribution in [2.24, 2.45) is 0 Å². The minimum Gasteiger partial charge on any atom is -0.310 e. The minimum absolute atomic E-state index is 0.0165. The van der Waals surface area contributed by atoms with Crippen LogP contribution in [0.15, 0.2) is 41.3 Å². The molecule has 1 aromatic heterocycles. The fraction of sp³-hybridized carbons (Fsp3) is 0.0769. The molecule has 0 bridgehead atoms. The van der Waals surface area contributed by atoms with Gasteiger partial charge in [0.05, 0.1) is 17.0 Å². The molecule has 0 N–H and O–H groups in total. The third-order valence-corrected chi connectivity index (χ3v) is 2.95. The van der Waals surface area contributed by atoms with Gasteiger partial charge in [-0.15, -0.1) is 0 Å². The molecular formula is C13H8ClN3O3. The van der Waals surface area contributed by atoms with E-state index in [0.717, 1.165) is 0 Å².